The smallest absolute Gasteiger partial charge is 0.233 e. The molecule has 1 rings (SSSR count). The molecule has 0 atom stereocenters. The minimum Gasteiger partial charge on any atom is -0.308 e. The Kier molecular flexibility index (Phi) is 4.34. The molecule has 1 amide bonds. The number of anilines is 1. The van der Waals surface area contributed by atoms with E-state index in [2.05, 4.69) is 47.1 Å². The molecule has 80 valence electrons. The van der Waals surface area contributed by atoms with E-state index in [-0.39, 0.29) is 12.2 Å². The number of amides is 1. The lowest BCUT2D eigenvalue weighted by atomic mass is 10.3. The number of carbonyl (C=O) groups is 2. The molecule has 1 aromatic heterocycles. The van der Waals surface area contributed by atoms with Crippen LogP contribution in [0.15, 0.2) is 15.4 Å². The number of aromatic nitrogens is 2. The van der Waals surface area contributed by atoms with Gasteiger partial charge in [0.15, 0.2) is 5.82 Å². The van der Waals surface area contributed by atoms with Crippen LogP contribution in [0, 0.1) is 0 Å². The number of nitrogens with zero attached hydrogens (tertiary/aromatic N) is 2. The highest BCUT2D eigenvalue weighted by molar-refractivity contribution is 9.11. The number of halogens is 2. The Labute approximate surface area is 103 Å². The van der Waals surface area contributed by atoms with Crippen molar-refractivity contribution in [2.45, 2.75) is 13.3 Å². The standard InChI is InChI=1S/C8H7Br2N3O2/c1-4(14)2-6(15)13-8-7(10)12-5(9)3-11-8/h3H,2H2,1H3,(H,11,13,15). The molecular formula is C8H7Br2N3O2. The van der Waals surface area contributed by atoms with Crippen LogP contribution in [-0.2, 0) is 9.59 Å². The maximum Gasteiger partial charge on any atom is 0.233 e. The first kappa shape index (κ1) is 12.3. The number of Topliss-reactive ketones (excluding diaryl/α,β-unsaturated/α-hetero) is 1. The maximum atomic E-state index is 11.2. The number of rotatable bonds is 3. The second-order valence-corrected chi connectivity index (χ2v) is 4.32. The van der Waals surface area contributed by atoms with E-state index in [0.29, 0.717) is 15.0 Å². The van der Waals surface area contributed by atoms with Gasteiger partial charge in [0.1, 0.15) is 15.0 Å². The van der Waals surface area contributed by atoms with Crippen molar-refractivity contribution in [2.75, 3.05) is 5.32 Å². The van der Waals surface area contributed by atoms with Crippen molar-refractivity contribution < 1.29 is 9.59 Å². The van der Waals surface area contributed by atoms with Gasteiger partial charge >= 0.3 is 0 Å². The van der Waals surface area contributed by atoms with E-state index in [4.69, 9.17) is 0 Å². The van der Waals surface area contributed by atoms with E-state index < -0.39 is 5.91 Å². The molecule has 0 saturated carbocycles. The van der Waals surface area contributed by atoms with Gasteiger partial charge in [-0.3, -0.25) is 9.59 Å². The van der Waals surface area contributed by atoms with Gasteiger partial charge in [-0.25, -0.2) is 9.97 Å². The molecule has 0 aliphatic heterocycles. The largest absolute Gasteiger partial charge is 0.308 e. The van der Waals surface area contributed by atoms with Crippen molar-refractivity contribution in [1.82, 2.24) is 9.97 Å². The van der Waals surface area contributed by atoms with Crippen LogP contribution >= 0.6 is 31.9 Å². The Bertz CT molecular complexity index is 409. The molecule has 1 aromatic rings. The molecule has 1 heterocycles. The Morgan fingerprint density at radius 2 is 2.13 bits per heavy atom. The second kappa shape index (κ2) is 5.32. The van der Waals surface area contributed by atoms with Crippen molar-refractivity contribution in [3.63, 3.8) is 0 Å². The first-order valence-electron chi connectivity index (χ1n) is 3.96. The maximum absolute atomic E-state index is 11.2. The minimum absolute atomic E-state index is 0.163. The van der Waals surface area contributed by atoms with Crippen LogP contribution in [0.5, 0.6) is 0 Å². The molecule has 0 saturated heterocycles. The summed E-state index contributed by atoms with van der Waals surface area (Å²) in [5.74, 6) is -0.307. The first-order chi connectivity index (χ1) is 6.99. The van der Waals surface area contributed by atoms with Gasteiger partial charge in [0.25, 0.3) is 0 Å². The molecule has 1 N–H and O–H groups in total. The van der Waals surface area contributed by atoms with Crippen LogP contribution in [-0.4, -0.2) is 21.7 Å². The van der Waals surface area contributed by atoms with Crippen molar-refractivity contribution in [2.24, 2.45) is 0 Å². The highest BCUT2D eigenvalue weighted by atomic mass is 79.9. The molecule has 7 heteroatoms. The lowest BCUT2D eigenvalue weighted by Crippen LogP contribution is -2.16. The number of hydrogen-bond acceptors (Lipinski definition) is 4. The van der Waals surface area contributed by atoms with Crippen LogP contribution in [0.3, 0.4) is 0 Å². The van der Waals surface area contributed by atoms with Gasteiger partial charge in [-0.05, 0) is 38.8 Å². The fraction of sp³-hybridized carbons (Fsp3) is 0.250. The summed E-state index contributed by atoms with van der Waals surface area (Å²) in [6.07, 6.45) is 1.29. The van der Waals surface area contributed by atoms with Gasteiger partial charge in [0.05, 0.1) is 12.6 Å². The monoisotopic (exact) mass is 335 g/mol. The van der Waals surface area contributed by atoms with Gasteiger partial charge in [-0.15, -0.1) is 0 Å². The molecule has 0 unspecified atom stereocenters. The van der Waals surface area contributed by atoms with E-state index in [1.165, 1.54) is 13.1 Å². The second-order valence-electron chi connectivity index (χ2n) is 2.76. The van der Waals surface area contributed by atoms with E-state index >= 15 is 0 Å². The summed E-state index contributed by atoms with van der Waals surface area (Å²) in [6, 6.07) is 0. The van der Waals surface area contributed by atoms with Crippen molar-refractivity contribution in [1.29, 1.82) is 0 Å². The van der Waals surface area contributed by atoms with Crippen molar-refractivity contribution >= 4 is 49.4 Å². The molecule has 0 aromatic carbocycles. The highest BCUT2D eigenvalue weighted by Gasteiger charge is 2.09. The summed E-state index contributed by atoms with van der Waals surface area (Å²) in [7, 11) is 0. The van der Waals surface area contributed by atoms with Gasteiger partial charge in [0, 0.05) is 0 Å². The van der Waals surface area contributed by atoms with Gasteiger partial charge in [-0.1, -0.05) is 0 Å². The number of carbonyl (C=O) groups excluding carboxylic acids is 2. The molecule has 0 aliphatic carbocycles. The van der Waals surface area contributed by atoms with Crippen LogP contribution in [0.4, 0.5) is 5.82 Å². The summed E-state index contributed by atoms with van der Waals surface area (Å²) >= 11 is 6.27. The summed E-state index contributed by atoms with van der Waals surface area (Å²) in [6.45, 7) is 1.35. The molecule has 0 bridgehead atoms. The van der Waals surface area contributed by atoms with E-state index in [1.54, 1.807) is 0 Å². The lowest BCUT2D eigenvalue weighted by molar-refractivity contribution is -0.124. The molecule has 0 aliphatic rings. The summed E-state index contributed by atoms with van der Waals surface area (Å²) in [5, 5.41) is 2.47. The Hall–Kier alpha value is -0.820. The van der Waals surface area contributed by atoms with Crippen molar-refractivity contribution in [3.8, 4) is 0 Å². The fourth-order valence-corrected chi connectivity index (χ4v) is 1.74. The van der Waals surface area contributed by atoms with E-state index in [0.717, 1.165) is 0 Å². The topological polar surface area (TPSA) is 72.0 Å². The normalized spacial score (nSPS) is 9.80. The van der Waals surface area contributed by atoms with Crippen LogP contribution in [0.25, 0.3) is 0 Å². The molecule has 0 fully saturated rings. The zero-order valence-corrected chi connectivity index (χ0v) is 10.9. The van der Waals surface area contributed by atoms with E-state index in [1.807, 2.05) is 0 Å². The van der Waals surface area contributed by atoms with Gasteiger partial charge < -0.3 is 5.32 Å². The van der Waals surface area contributed by atoms with Gasteiger partial charge in [-0.2, -0.15) is 0 Å². The highest BCUT2D eigenvalue weighted by Crippen LogP contribution is 2.19. The fourth-order valence-electron chi connectivity index (χ4n) is 0.833. The Balaban J connectivity index is 2.72. The quantitative estimate of drug-likeness (QED) is 0.856. The van der Waals surface area contributed by atoms with Crippen LogP contribution in [0.2, 0.25) is 0 Å². The Morgan fingerprint density at radius 3 is 2.67 bits per heavy atom. The number of nitrogens with one attached hydrogen (secondary N) is 1. The lowest BCUT2D eigenvalue weighted by Gasteiger charge is -2.04. The third-order valence-corrected chi connectivity index (χ3v) is 2.30. The van der Waals surface area contributed by atoms with Crippen LogP contribution in [0.1, 0.15) is 13.3 Å². The molecule has 5 nitrogen and oxygen atoms in total. The Morgan fingerprint density at radius 1 is 1.47 bits per heavy atom. The molecule has 15 heavy (non-hydrogen) atoms. The molecular weight excluding hydrogens is 330 g/mol. The SMILES string of the molecule is CC(=O)CC(=O)Nc1ncc(Br)nc1Br. The van der Waals surface area contributed by atoms with Crippen LogP contribution < -0.4 is 5.32 Å². The minimum atomic E-state index is -0.403. The third-order valence-electron chi connectivity index (χ3n) is 1.37. The van der Waals surface area contributed by atoms with E-state index in [9.17, 15) is 9.59 Å². The number of ketones is 1. The first-order valence-corrected chi connectivity index (χ1v) is 5.55. The zero-order valence-electron chi connectivity index (χ0n) is 7.75. The summed E-state index contributed by atoms with van der Waals surface area (Å²) in [5.41, 5.74) is 0. The summed E-state index contributed by atoms with van der Waals surface area (Å²) in [4.78, 5) is 29.8. The predicted molar refractivity (Wildman–Crippen MR) is 61.4 cm³/mol. The van der Waals surface area contributed by atoms with Gasteiger partial charge in [0.2, 0.25) is 5.91 Å². The molecule has 0 spiro atoms. The average Bonchev–Trinajstić information content (AvgIpc) is 2.08. The third kappa shape index (κ3) is 4.05. The number of hydrogen-bond donors (Lipinski definition) is 1. The average molecular weight is 337 g/mol. The molecule has 0 radical (unpaired) electrons. The van der Waals surface area contributed by atoms with Crippen molar-refractivity contribution in [3.05, 3.63) is 15.4 Å². The predicted octanol–water partition coefficient (Wildman–Crippen LogP) is 1.92. The summed E-state index contributed by atoms with van der Waals surface area (Å²) < 4.78 is 0.965. The zero-order chi connectivity index (χ0) is 11.4.